The number of piperidine rings is 1. The third-order valence-corrected chi connectivity index (χ3v) is 3.79. The molecule has 2 saturated heterocycles. The Hall–Kier alpha value is -0.610. The zero-order valence-electron chi connectivity index (χ0n) is 10.3. The predicted molar refractivity (Wildman–Crippen MR) is 64.2 cm³/mol. The van der Waals surface area contributed by atoms with Gasteiger partial charge in [0, 0.05) is 12.6 Å². The average Bonchev–Trinajstić information content (AvgIpc) is 2.64. The third-order valence-electron chi connectivity index (χ3n) is 3.79. The van der Waals surface area contributed by atoms with E-state index in [1.807, 2.05) is 0 Å². The van der Waals surface area contributed by atoms with Crippen molar-refractivity contribution >= 4 is 5.91 Å². The van der Waals surface area contributed by atoms with Gasteiger partial charge in [0.05, 0.1) is 6.04 Å². The van der Waals surface area contributed by atoms with Crippen LogP contribution < -0.4 is 10.6 Å². The van der Waals surface area contributed by atoms with Crippen molar-refractivity contribution in [2.75, 3.05) is 26.7 Å². The highest BCUT2D eigenvalue weighted by Crippen LogP contribution is 2.16. The van der Waals surface area contributed by atoms with E-state index in [1.54, 1.807) is 0 Å². The van der Waals surface area contributed by atoms with Crippen molar-refractivity contribution in [1.82, 2.24) is 15.5 Å². The fourth-order valence-corrected chi connectivity index (χ4v) is 2.74. The smallest absolute Gasteiger partial charge is 0.237 e. The second-order valence-electron chi connectivity index (χ2n) is 5.31. The Morgan fingerprint density at radius 2 is 2.25 bits per heavy atom. The van der Waals surface area contributed by atoms with Crippen LogP contribution in [0.25, 0.3) is 0 Å². The van der Waals surface area contributed by atoms with E-state index >= 15 is 0 Å². The summed E-state index contributed by atoms with van der Waals surface area (Å²) in [5.41, 5.74) is 0. The summed E-state index contributed by atoms with van der Waals surface area (Å²) >= 11 is 0. The van der Waals surface area contributed by atoms with Gasteiger partial charge in [-0.1, -0.05) is 6.92 Å². The van der Waals surface area contributed by atoms with Gasteiger partial charge in [-0.15, -0.1) is 0 Å². The van der Waals surface area contributed by atoms with Crippen LogP contribution in [0, 0.1) is 5.92 Å². The molecule has 0 aromatic rings. The normalized spacial score (nSPS) is 36.2. The maximum atomic E-state index is 12.1. The zero-order chi connectivity index (χ0) is 11.5. The monoisotopic (exact) mass is 225 g/mol. The van der Waals surface area contributed by atoms with Crippen molar-refractivity contribution in [3.05, 3.63) is 0 Å². The molecular weight excluding hydrogens is 202 g/mol. The Balaban J connectivity index is 1.82. The first-order valence-corrected chi connectivity index (χ1v) is 6.39. The Morgan fingerprint density at radius 1 is 1.44 bits per heavy atom. The van der Waals surface area contributed by atoms with Crippen LogP contribution >= 0.6 is 0 Å². The molecule has 0 aromatic carbocycles. The van der Waals surface area contributed by atoms with E-state index in [1.165, 1.54) is 6.42 Å². The Morgan fingerprint density at radius 3 is 2.88 bits per heavy atom. The molecule has 2 heterocycles. The summed E-state index contributed by atoms with van der Waals surface area (Å²) in [6.45, 7) is 5.23. The Bertz CT molecular complexity index is 257. The lowest BCUT2D eigenvalue weighted by Crippen LogP contribution is -2.53. The van der Waals surface area contributed by atoms with E-state index < -0.39 is 0 Å². The lowest BCUT2D eigenvalue weighted by molar-refractivity contribution is -0.125. The maximum Gasteiger partial charge on any atom is 0.237 e. The molecule has 16 heavy (non-hydrogen) atoms. The number of carbonyl (C=O) groups is 1. The van der Waals surface area contributed by atoms with E-state index in [0.29, 0.717) is 12.0 Å². The molecule has 2 aliphatic rings. The van der Waals surface area contributed by atoms with Gasteiger partial charge in [-0.25, -0.2) is 0 Å². The molecule has 0 saturated carbocycles. The third kappa shape index (κ3) is 2.74. The summed E-state index contributed by atoms with van der Waals surface area (Å²) in [7, 11) is 2.10. The van der Waals surface area contributed by atoms with Crippen molar-refractivity contribution in [3.8, 4) is 0 Å². The van der Waals surface area contributed by atoms with Crippen molar-refractivity contribution in [2.45, 2.75) is 38.3 Å². The lowest BCUT2D eigenvalue weighted by Gasteiger charge is -2.30. The summed E-state index contributed by atoms with van der Waals surface area (Å²) in [6, 6.07) is 0.382. The number of hydrogen-bond acceptors (Lipinski definition) is 3. The fraction of sp³-hybridized carbons (Fsp3) is 0.917. The summed E-state index contributed by atoms with van der Waals surface area (Å²) in [5, 5.41) is 6.49. The first-order valence-electron chi connectivity index (χ1n) is 6.39. The van der Waals surface area contributed by atoms with E-state index in [4.69, 9.17) is 0 Å². The number of amides is 1. The molecule has 1 amide bonds. The number of likely N-dealkylation sites (tertiary alicyclic amines) is 1. The minimum Gasteiger partial charge on any atom is -0.351 e. The van der Waals surface area contributed by atoms with Crippen LogP contribution in [-0.4, -0.2) is 49.6 Å². The minimum absolute atomic E-state index is 0.0275. The molecule has 4 nitrogen and oxygen atoms in total. The quantitative estimate of drug-likeness (QED) is 0.705. The Kier molecular flexibility index (Phi) is 3.82. The van der Waals surface area contributed by atoms with Crippen molar-refractivity contribution in [3.63, 3.8) is 0 Å². The maximum absolute atomic E-state index is 12.1. The van der Waals surface area contributed by atoms with Gasteiger partial charge in [0.15, 0.2) is 0 Å². The first kappa shape index (κ1) is 11.9. The second-order valence-corrected chi connectivity index (χ2v) is 5.31. The van der Waals surface area contributed by atoms with Crippen LogP contribution in [0.3, 0.4) is 0 Å². The van der Waals surface area contributed by atoms with E-state index in [-0.39, 0.29) is 11.9 Å². The molecule has 2 rings (SSSR count). The summed E-state index contributed by atoms with van der Waals surface area (Å²) in [5.74, 6) is 0.667. The highest BCUT2D eigenvalue weighted by molar-refractivity contribution is 5.82. The number of nitrogens with zero attached hydrogens (tertiary/aromatic N) is 1. The molecule has 2 aliphatic heterocycles. The minimum atomic E-state index is 0.0275. The number of likely N-dealkylation sites (N-methyl/N-ethyl adjacent to an activating group) is 1. The van der Waals surface area contributed by atoms with Crippen LogP contribution in [-0.2, 0) is 4.79 Å². The standard InChI is InChI=1S/C12H23N3O/c1-9-4-3-6-13-11(9)12(16)14-10-5-7-15(2)8-10/h9-11,13H,3-8H2,1-2H3,(H,14,16). The van der Waals surface area contributed by atoms with Crippen molar-refractivity contribution in [2.24, 2.45) is 5.92 Å². The van der Waals surface area contributed by atoms with Crippen molar-refractivity contribution < 1.29 is 4.79 Å². The zero-order valence-corrected chi connectivity index (χ0v) is 10.3. The van der Waals surface area contributed by atoms with Gasteiger partial charge < -0.3 is 15.5 Å². The van der Waals surface area contributed by atoms with E-state index in [0.717, 1.165) is 32.5 Å². The number of nitrogens with one attached hydrogen (secondary N) is 2. The number of rotatable bonds is 2. The van der Waals surface area contributed by atoms with Crippen LogP contribution in [0.1, 0.15) is 26.2 Å². The van der Waals surface area contributed by atoms with Gasteiger partial charge in [0.25, 0.3) is 0 Å². The largest absolute Gasteiger partial charge is 0.351 e. The van der Waals surface area contributed by atoms with Crippen LogP contribution in [0.15, 0.2) is 0 Å². The molecule has 0 aliphatic carbocycles. The van der Waals surface area contributed by atoms with Gasteiger partial charge in [0.2, 0.25) is 5.91 Å². The molecule has 3 atom stereocenters. The lowest BCUT2D eigenvalue weighted by atomic mass is 9.92. The highest BCUT2D eigenvalue weighted by atomic mass is 16.2. The summed E-state index contributed by atoms with van der Waals surface area (Å²) < 4.78 is 0. The highest BCUT2D eigenvalue weighted by Gasteiger charge is 2.30. The molecule has 0 bridgehead atoms. The van der Waals surface area contributed by atoms with E-state index in [9.17, 15) is 4.79 Å². The SMILES string of the molecule is CC1CCCNC1C(=O)NC1CCN(C)C1. The van der Waals surface area contributed by atoms with Crippen LogP contribution in [0.2, 0.25) is 0 Å². The molecule has 0 radical (unpaired) electrons. The Labute approximate surface area is 97.8 Å². The van der Waals surface area contributed by atoms with Crippen LogP contribution in [0.4, 0.5) is 0 Å². The molecule has 3 unspecified atom stereocenters. The second kappa shape index (κ2) is 5.15. The molecule has 0 spiro atoms. The molecule has 4 heteroatoms. The first-order chi connectivity index (χ1) is 7.66. The number of hydrogen-bond donors (Lipinski definition) is 2. The van der Waals surface area contributed by atoms with Gasteiger partial charge in [0.1, 0.15) is 0 Å². The fourth-order valence-electron chi connectivity index (χ4n) is 2.74. The predicted octanol–water partition coefficient (Wildman–Crippen LogP) is 0.195. The average molecular weight is 225 g/mol. The molecule has 2 N–H and O–H groups in total. The summed E-state index contributed by atoms with van der Waals surface area (Å²) in [4.78, 5) is 14.3. The van der Waals surface area contributed by atoms with Gasteiger partial charge in [-0.05, 0) is 45.3 Å². The molecule has 92 valence electrons. The molecular formula is C12H23N3O. The van der Waals surface area contributed by atoms with Gasteiger partial charge in [-0.2, -0.15) is 0 Å². The molecule has 2 fully saturated rings. The number of carbonyl (C=O) groups excluding carboxylic acids is 1. The van der Waals surface area contributed by atoms with Gasteiger partial charge in [-0.3, -0.25) is 4.79 Å². The van der Waals surface area contributed by atoms with E-state index in [2.05, 4.69) is 29.5 Å². The topological polar surface area (TPSA) is 44.4 Å². The van der Waals surface area contributed by atoms with Gasteiger partial charge >= 0.3 is 0 Å². The summed E-state index contributed by atoms with van der Waals surface area (Å²) in [6.07, 6.45) is 3.44. The van der Waals surface area contributed by atoms with Crippen molar-refractivity contribution in [1.29, 1.82) is 0 Å². The van der Waals surface area contributed by atoms with Crippen LogP contribution in [0.5, 0.6) is 0 Å². The molecule has 0 aromatic heterocycles.